The number of alkyl halides is 1. The Morgan fingerprint density at radius 1 is 1.20 bits per heavy atom. The number of ketones is 1. The van der Waals surface area contributed by atoms with Gasteiger partial charge in [-0.15, -0.1) is 6.58 Å². The number of hydrogen-bond donors (Lipinski definition) is 1. The molecular weight excluding hydrogens is 442 g/mol. The Morgan fingerprint density at radius 2 is 1.97 bits per heavy atom. The summed E-state index contributed by atoms with van der Waals surface area (Å²) in [6.07, 6.45) is 10.7. The summed E-state index contributed by atoms with van der Waals surface area (Å²) in [4.78, 5) is 26.7. The van der Waals surface area contributed by atoms with Crippen LogP contribution >= 0.6 is 15.9 Å². The highest BCUT2D eigenvalue weighted by Crippen LogP contribution is 2.66. The average Bonchev–Trinajstić information content (AvgIpc) is 3.02. The summed E-state index contributed by atoms with van der Waals surface area (Å²) in [6.45, 7) is 9.37. The molecule has 30 heavy (non-hydrogen) atoms. The molecule has 7 atom stereocenters. The second-order valence-electron chi connectivity index (χ2n) is 11.2. The topological polar surface area (TPSA) is 57.6 Å². The maximum absolute atomic E-state index is 12.6. The number of nitrogens with zero attached hydrogens (tertiary/aromatic N) is 1. The standard InChI is InChI=1S/C25H38BrNO3/c1-4-13-27(22(29)15-26)16-25(30)12-11-23(2)17(14-25)5-6-18-19-7-8-21(28)24(19,3)10-9-20(18)23/h4,17-20,30H,1,5-16H2,2-3H3/t17-,18-,19-,20-,23-,24-,25+/m0/s1. The SMILES string of the molecule is C=CCN(C[C@@]1(O)CC[C@@]2(C)[C@@H](CC[C@@H]3[C@@H]2CC[C@]2(C)C(=O)CC[C@@H]32)C1)C(=O)CBr. The second-order valence-corrected chi connectivity index (χ2v) is 11.8. The number of fused-ring (bicyclic) bond motifs is 5. The zero-order chi connectivity index (χ0) is 21.7. The van der Waals surface area contributed by atoms with Crippen LogP contribution in [0.2, 0.25) is 0 Å². The first-order valence-corrected chi connectivity index (χ1v) is 13.0. The summed E-state index contributed by atoms with van der Waals surface area (Å²) < 4.78 is 0. The largest absolute Gasteiger partial charge is 0.388 e. The molecule has 5 heteroatoms. The zero-order valence-electron chi connectivity index (χ0n) is 18.7. The van der Waals surface area contributed by atoms with E-state index in [1.165, 1.54) is 12.8 Å². The first kappa shape index (κ1) is 22.5. The molecule has 4 rings (SSSR count). The summed E-state index contributed by atoms with van der Waals surface area (Å²) in [6, 6.07) is 0. The average molecular weight is 480 g/mol. The Balaban J connectivity index is 1.50. The van der Waals surface area contributed by atoms with Crippen molar-refractivity contribution < 1.29 is 14.7 Å². The third kappa shape index (κ3) is 3.52. The van der Waals surface area contributed by atoms with E-state index >= 15 is 0 Å². The van der Waals surface area contributed by atoms with Gasteiger partial charge in [-0.2, -0.15) is 0 Å². The van der Waals surface area contributed by atoms with Gasteiger partial charge in [0.15, 0.2) is 0 Å². The van der Waals surface area contributed by atoms with E-state index in [0.29, 0.717) is 42.5 Å². The molecule has 1 amide bonds. The third-order valence-electron chi connectivity index (χ3n) is 9.83. The van der Waals surface area contributed by atoms with Gasteiger partial charge in [0.05, 0.1) is 10.9 Å². The van der Waals surface area contributed by atoms with Crippen LogP contribution in [0.3, 0.4) is 0 Å². The summed E-state index contributed by atoms with van der Waals surface area (Å²) in [5.74, 6) is 2.95. The molecule has 0 aromatic rings. The number of carbonyl (C=O) groups is 2. The first-order chi connectivity index (χ1) is 14.2. The molecule has 0 aliphatic heterocycles. The van der Waals surface area contributed by atoms with E-state index in [1.807, 2.05) is 0 Å². The zero-order valence-corrected chi connectivity index (χ0v) is 20.3. The minimum absolute atomic E-state index is 0.0119. The number of Topliss-reactive ketones (excluding diaryl/α,β-unsaturated/α-hetero) is 1. The number of hydrogen-bond acceptors (Lipinski definition) is 3. The lowest BCUT2D eigenvalue weighted by atomic mass is 9.44. The van der Waals surface area contributed by atoms with Gasteiger partial charge in [0.2, 0.25) is 5.91 Å². The smallest absolute Gasteiger partial charge is 0.233 e. The van der Waals surface area contributed by atoms with E-state index < -0.39 is 5.60 Å². The van der Waals surface area contributed by atoms with Gasteiger partial charge in [0.25, 0.3) is 0 Å². The second kappa shape index (κ2) is 8.03. The van der Waals surface area contributed by atoms with Crippen LogP contribution in [0.15, 0.2) is 12.7 Å². The van der Waals surface area contributed by atoms with Gasteiger partial charge in [-0.1, -0.05) is 35.9 Å². The summed E-state index contributed by atoms with van der Waals surface area (Å²) >= 11 is 3.27. The Morgan fingerprint density at radius 3 is 2.67 bits per heavy atom. The predicted octanol–water partition coefficient (Wildman–Crippen LogP) is 4.74. The molecule has 0 aromatic heterocycles. The van der Waals surface area contributed by atoms with Gasteiger partial charge in [0.1, 0.15) is 5.78 Å². The fourth-order valence-electron chi connectivity index (χ4n) is 8.09. The number of carbonyl (C=O) groups excluding carboxylic acids is 2. The summed E-state index contributed by atoms with van der Waals surface area (Å²) in [7, 11) is 0. The van der Waals surface area contributed by atoms with Crippen LogP contribution in [0.1, 0.15) is 71.6 Å². The third-order valence-corrected chi connectivity index (χ3v) is 10.3. The molecule has 168 valence electrons. The highest BCUT2D eigenvalue weighted by molar-refractivity contribution is 9.09. The molecule has 0 spiro atoms. The van der Waals surface area contributed by atoms with E-state index in [4.69, 9.17) is 0 Å². The highest BCUT2D eigenvalue weighted by Gasteiger charge is 2.61. The van der Waals surface area contributed by atoms with Crippen molar-refractivity contribution in [1.29, 1.82) is 0 Å². The number of aliphatic hydroxyl groups is 1. The predicted molar refractivity (Wildman–Crippen MR) is 122 cm³/mol. The molecule has 0 heterocycles. The van der Waals surface area contributed by atoms with Crippen molar-refractivity contribution in [2.75, 3.05) is 18.4 Å². The molecule has 0 saturated heterocycles. The van der Waals surface area contributed by atoms with Crippen LogP contribution < -0.4 is 0 Å². The first-order valence-electron chi connectivity index (χ1n) is 11.9. The highest BCUT2D eigenvalue weighted by atomic mass is 79.9. The maximum atomic E-state index is 12.6. The van der Waals surface area contributed by atoms with Crippen molar-refractivity contribution in [3.05, 3.63) is 12.7 Å². The van der Waals surface area contributed by atoms with E-state index in [1.54, 1.807) is 11.0 Å². The van der Waals surface area contributed by atoms with Crippen LogP contribution in [0.25, 0.3) is 0 Å². The maximum Gasteiger partial charge on any atom is 0.233 e. The van der Waals surface area contributed by atoms with Crippen LogP contribution in [-0.4, -0.2) is 45.7 Å². The Hall–Kier alpha value is -0.680. The molecule has 0 unspecified atom stereocenters. The molecule has 4 fully saturated rings. The quantitative estimate of drug-likeness (QED) is 0.457. The minimum Gasteiger partial charge on any atom is -0.388 e. The van der Waals surface area contributed by atoms with Crippen LogP contribution in [0.4, 0.5) is 0 Å². The molecule has 1 N–H and O–H groups in total. The number of halogens is 1. The van der Waals surface area contributed by atoms with Crippen LogP contribution in [0, 0.1) is 34.5 Å². The Kier molecular flexibility index (Phi) is 6.02. The molecule has 4 aliphatic rings. The van der Waals surface area contributed by atoms with E-state index in [9.17, 15) is 14.7 Å². The lowest BCUT2D eigenvalue weighted by molar-refractivity contribution is -0.160. The molecule has 4 aliphatic carbocycles. The van der Waals surface area contributed by atoms with E-state index in [2.05, 4.69) is 36.4 Å². The molecule has 4 saturated carbocycles. The Labute approximate surface area is 190 Å². The molecule has 0 radical (unpaired) electrons. The minimum atomic E-state index is -0.801. The molecule has 0 bridgehead atoms. The van der Waals surface area contributed by atoms with Crippen molar-refractivity contribution in [2.24, 2.45) is 34.5 Å². The van der Waals surface area contributed by atoms with Gasteiger partial charge >= 0.3 is 0 Å². The monoisotopic (exact) mass is 479 g/mol. The van der Waals surface area contributed by atoms with Gasteiger partial charge in [0, 0.05) is 24.9 Å². The lowest BCUT2D eigenvalue weighted by Gasteiger charge is -2.61. The fraction of sp³-hybridized carbons (Fsp3) is 0.840. The van der Waals surface area contributed by atoms with Gasteiger partial charge in [-0.05, 0) is 80.5 Å². The van der Waals surface area contributed by atoms with Crippen molar-refractivity contribution in [3.8, 4) is 0 Å². The molecule has 0 aromatic carbocycles. The number of amides is 1. The van der Waals surface area contributed by atoms with Crippen LogP contribution in [0.5, 0.6) is 0 Å². The van der Waals surface area contributed by atoms with Crippen molar-refractivity contribution in [1.82, 2.24) is 4.90 Å². The summed E-state index contributed by atoms with van der Waals surface area (Å²) in [5, 5.41) is 11.8. The van der Waals surface area contributed by atoms with Crippen LogP contribution in [-0.2, 0) is 9.59 Å². The van der Waals surface area contributed by atoms with Crippen molar-refractivity contribution >= 4 is 27.6 Å². The normalized spacial score (nSPS) is 45.3. The van der Waals surface area contributed by atoms with Gasteiger partial charge in [-0.3, -0.25) is 9.59 Å². The Bertz CT molecular complexity index is 725. The fourth-order valence-corrected chi connectivity index (χ4v) is 8.44. The van der Waals surface area contributed by atoms with Gasteiger partial charge < -0.3 is 10.0 Å². The number of rotatable bonds is 5. The summed E-state index contributed by atoms with van der Waals surface area (Å²) in [5.41, 5.74) is -0.615. The molecule has 4 nitrogen and oxygen atoms in total. The van der Waals surface area contributed by atoms with Crippen molar-refractivity contribution in [3.63, 3.8) is 0 Å². The van der Waals surface area contributed by atoms with E-state index in [-0.39, 0.29) is 22.1 Å². The van der Waals surface area contributed by atoms with E-state index in [0.717, 1.165) is 44.9 Å². The lowest BCUT2D eigenvalue weighted by Crippen LogP contribution is -2.58. The molecular formula is C25H38BrNO3. The van der Waals surface area contributed by atoms with Crippen molar-refractivity contribution in [2.45, 2.75) is 77.2 Å². The van der Waals surface area contributed by atoms with Gasteiger partial charge in [-0.25, -0.2) is 0 Å².